The lowest BCUT2D eigenvalue weighted by Crippen LogP contribution is -2.51. The summed E-state index contributed by atoms with van der Waals surface area (Å²) < 4.78 is 1.68. The summed E-state index contributed by atoms with van der Waals surface area (Å²) in [6, 6.07) is 0. The van der Waals surface area contributed by atoms with E-state index in [1.165, 1.54) is 44.9 Å². The Labute approximate surface area is 137 Å². The fourth-order valence-electron chi connectivity index (χ4n) is 6.35. The van der Waals surface area contributed by atoms with Crippen LogP contribution in [0.5, 0.6) is 0 Å². The standard InChI is InChI=1S/C19H27I/c1-18-11-4-3-5-13(18)6-7-14-15-8-9-17(20)19(15,2)12-10-16(14)18/h3-4,9,13-16H,5-8,10-12H2,1-2H3/t13-,14+,15+,16+,18+,19+/m1/s1. The Balaban J connectivity index is 1.67. The molecule has 6 atom stereocenters. The van der Waals surface area contributed by atoms with Gasteiger partial charge in [-0.2, -0.15) is 0 Å². The zero-order chi connectivity index (χ0) is 14.0. The molecule has 0 aromatic heterocycles. The van der Waals surface area contributed by atoms with Crippen molar-refractivity contribution in [3.05, 3.63) is 21.8 Å². The van der Waals surface area contributed by atoms with E-state index in [4.69, 9.17) is 0 Å². The molecule has 0 spiro atoms. The van der Waals surface area contributed by atoms with Crippen molar-refractivity contribution in [1.82, 2.24) is 0 Å². The van der Waals surface area contributed by atoms with Crippen molar-refractivity contribution < 1.29 is 0 Å². The molecule has 4 rings (SSSR count). The van der Waals surface area contributed by atoms with E-state index in [0.29, 0.717) is 10.8 Å². The van der Waals surface area contributed by atoms with E-state index >= 15 is 0 Å². The molecule has 0 amide bonds. The largest absolute Gasteiger partial charge is 0.0882 e. The molecule has 2 fully saturated rings. The molecule has 4 aliphatic carbocycles. The van der Waals surface area contributed by atoms with Gasteiger partial charge in [0.2, 0.25) is 0 Å². The molecule has 2 saturated carbocycles. The van der Waals surface area contributed by atoms with Gasteiger partial charge < -0.3 is 0 Å². The minimum atomic E-state index is 0.537. The van der Waals surface area contributed by atoms with Crippen LogP contribution in [0.4, 0.5) is 0 Å². The number of allylic oxidation sites excluding steroid dienone is 4. The van der Waals surface area contributed by atoms with Gasteiger partial charge >= 0.3 is 0 Å². The van der Waals surface area contributed by atoms with E-state index in [2.05, 4.69) is 54.7 Å². The van der Waals surface area contributed by atoms with Gasteiger partial charge in [-0.15, -0.1) is 0 Å². The molecular formula is C19H27I. The highest BCUT2D eigenvalue weighted by Gasteiger charge is 2.57. The highest BCUT2D eigenvalue weighted by molar-refractivity contribution is 14.1. The van der Waals surface area contributed by atoms with Crippen LogP contribution in [0.1, 0.15) is 58.8 Å². The summed E-state index contributed by atoms with van der Waals surface area (Å²) in [6.07, 6.45) is 17.5. The van der Waals surface area contributed by atoms with Crippen LogP contribution in [0.25, 0.3) is 0 Å². The minimum Gasteiger partial charge on any atom is -0.0882 e. The van der Waals surface area contributed by atoms with Crippen molar-refractivity contribution in [1.29, 1.82) is 0 Å². The third-order valence-electron chi connectivity index (χ3n) is 7.70. The van der Waals surface area contributed by atoms with Gasteiger partial charge in [0, 0.05) is 5.41 Å². The summed E-state index contributed by atoms with van der Waals surface area (Å²) in [5.41, 5.74) is 1.16. The molecule has 0 radical (unpaired) electrons. The van der Waals surface area contributed by atoms with E-state index in [1.54, 1.807) is 3.58 Å². The van der Waals surface area contributed by atoms with Crippen LogP contribution in [-0.4, -0.2) is 0 Å². The van der Waals surface area contributed by atoms with Crippen LogP contribution in [0.3, 0.4) is 0 Å². The lowest BCUT2D eigenvalue weighted by molar-refractivity contribution is -0.0805. The lowest BCUT2D eigenvalue weighted by Gasteiger charge is -2.59. The second kappa shape index (κ2) is 4.60. The predicted molar refractivity (Wildman–Crippen MR) is 93.7 cm³/mol. The number of hydrogen-bond donors (Lipinski definition) is 0. The Morgan fingerprint density at radius 2 is 1.90 bits per heavy atom. The zero-order valence-corrected chi connectivity index (χ0v) is 15.0. The monoisotopic (exact) mass is 382 g/mol. The van der Waals surface area contributed by atoms with Gasteiger partial charge in [-0.25, -0.2) is 0 Å². The number of fused-ring (bicyclic) bond motifs is 5. The van der Waals surface area contributed by atoms with E-state index in [9.17, 15) is 0 Å². The average Bonchev–Trinajstić information content (AvgIpc) is 2.74. The summed E-state index contributed by atoms with van der Waals surface area (Å²) in [4.78, 5) is 0. The smallest absolute Gasteiger partial charge is 0.00135 e. The minimum absolute atomic E-state index is 0.537. The highest BCUT2D eigenvalue weighted by Crippen LogP contribution is 2.66. The first-order valence-corrected chi connectivity index (χ1v) is 9.65. The van der Waals surface area contributed by atoms with Crippen molar-refractivity contribution >= 4 is 22.6 Å². The first-order valence-electron chi connectivity index (χ1n) is 8.57. The maximum atomic E-state index is 2.64. The molecule has 20 heavy (non-hydrogen) atoms. The SMILES string of the molecule is C[C@]12CC=CC[C@@H]1CC[C@@H]1[C@@H]2CC[C@]2(C)C(I)=CC[C@@H]12. The second-order valence-electron chi connectivity index (χ2n) is 8.31. The predicted octanol–water partition coefficient (Wildman–Crippen LogP) is 6.12. The van der Waals surface area contributed by atoms with Gasteiger partial charge in [-0.05, 0) is 100 Å². The van der Waals surface area contributed by atoms with Crippen molar-refractivity contribution in [2.45, 2.75) is 58.8 Å². The Kier molecular flexibility index (Phi) is 3.18. The molecule has 0 saturated heterocycles. The van der Waals surface area contributed by atoms with Crippen molar-refractivity contribution in [2.24, 2.45) is 34.5 Å². The summed E-state index contributed by atoms with van der Waals surface area (Å²) in [6.45, 7) is 5.20. The van der Waals surface area contributed by atoms with Gasteiger partial charge in [-0.1, -0.05) is 32.1 Å². The quantitative estimate of drug-likeness (QED) is 0.350. The Bertz CT molecular complexity index is 476. The molecule has 0 aromatic carbocycles. The van der Waals surface area contributed by atoms with Crippen molar-refractivity contribution in [2.75, 3.05) is 0 Å². The van der Waals surface area contributed by atoms with Gasteiger partial charge in [-0.3, -0.25) is 0 Å². The fraction of sp³-hybridized carbons (Fsp3) is 0.789. The van der Waals surface area contributed by atoms with Gasteiger partial charge in [0.1, 0.15) is 0 Å². The first kappa shape index (κ1) is 13.8. The third kappa shape index (κ3) is 1.71. The van der Waals surface area contributed by atoms with E-state index < -0.39 is 0 Å². The second-order valence-corrected chi connectivity index (χ2v) is 9.47. The molecule has 0 aromatic rings. The van der Waals surface area contributed by atoms with Crippen LogP contribution in [0.15, 0.2) is 21.8 Å². The summed E-state index contributed by atoms with van der Waals surface area (Å²) in [7, 11) is 0. The normalized spacial score (nSPS) is 53.9. The molecular weight excluding hydrogens is 355 g/mol. The maximum absolute atomic E-state index is 2.64. The van der Waals surface area contributed by atoms with Gasteiger partial charge in [0.15, 0.2) is 0 Å². The Morgan fingerprint density at radius 3 is 2.75 bits per heavy atom. The van der Waals surface area contributed by atoms with Crippen molar-refractivity contribution in [3.8, 4) is 0 Å². The van der Waals surface area contributed by atoms with Crippen LogP contribution < -0.4 is 0 Å². The summed E-state index contributed by atoms with van der Waals surface area (Å²) in [5.74, 6) is 3.94. The van der Waals surface area contributed by atoms with Gasteiger partial charge in [0.05, 0.1) is 0 Å². The molecule has 0 aliphatic heterocycles. The average molecular weight is 382 g/mol. The number of halogens is 1. The van der Waals surface area contributed by atoms with E-state index in [0.717, 1.165) is 23.7 Å². The van der Waals surface area contributed by atoms with Crippen LogP contribution in [0, 0.1) is 34.5 Å². The molecule has 0 N–H and O–H groups in total. The molecule has 110 valence electrons. The molecule has 1 heteroatoms. The molecule has 0 unspecified atom stereocenters. The summed E-state index contributed by atoms with van der Waals surface area (Å²) >= 11 is 2.64. The van der Waals surface area contributed by atoms with Crippen LogP contribution in [0.2, 0.25) is 0 Å². The Morgan fingerprint density at radius 1 is 1.05 bits per heavy atom. The van der Waals surface area contributed by atoms with E-state index in [1.807, 2.05) is 0 Å². The highest BCUT2D eigenvalue weighted by atomic mass is 127. The Hall–Kier alpha value is 0.210. The topological polar surface area (TPSA) is 0 Å². The number of hydrogen-bond acceptors (Lipinski definition) is 0. The number of rotatable bonds is 0. The van der Waals surface area contributed by atoms with Crippen LogP contribution in [-0.2, 0) is 0 Å². The molecule has 4 aliphatic rings. The van der Waals surface area contributed by atoms with Gasteiger partial charge in [0.25, 0.3) is 0 Å². The van der Waals surface area contributed by atoms with Crippen LogP contribution >= 0.6 is 22.6 Å². The van der Waals surface area contributed by atoms with Crippen molar-refractivity contribution in [3.63, 3.8) is 0 Å². The summed E-state index contributed by atoms with van der Waals surface area (Å²) in [5, 5.41) is 0. The zero-order valence-electron chi connectivity index (χ0n) is 12.9. The lowest BCUT2D eigenvalue weighted by atomic mass is 9.46. The fourth-order valence-corrected chi connectivity index (χ4v) is 7.28. The molecule has 0 nitrogen and oxygen atoms in total. The van der Waals surface area contributed by atoms with E-state index in [-0.39, 0.29) is 0 Å². The molecule has 0 heterocycles. The first-order chi connectivity index (χ1) is 9.56. The third-order valence-corrected chi connectivity index (χ3v) is 9.37. The molecule has 0 bridgehead atoms. The maximum Gasteiger partial charge on any atom is 0.00135 e.